The number of fused-ring (bicyclic) bond motifs is 1. The Labute approximate surface area is 101 Å². The van der Waals surface area contributed by atoms with Crippen LogP contribution in [0.1, 0.15) is 0 Å². The molecule has 0 radical (unpaired) electrons. The van der Waals surface area contributed by atoms with Gasteiger partial charge in [0.05, 0.1) is 19.7 Å². The van der Waals surface area contributed by atoms with E-state index in [2.05, 4.69) is 25.9 Å². The van der Waals surface area contributed by atoms with Crippen LogP contribution in [0.4, 0.5) is 5.82 Å². The number of halogens is 1. The fourth-order valence-corrected chi connectivity index (χ4v) is 1.83. The molecule has 0 aliphatic heterocycles. The molecule has 1 aromatic heterocycles. The molecule has 0 atom stereocenters. The molecular weight excluding hydrogens is 274 g/mol. The van der Waals surface area contributed by atoms with E-state index < -0.39 is 0 Å². The summed E-state index contributed by atoms with van der Waals surface area (Å²) in [6.45, 7) is 0. The Balaban J connectivity index is 2.78. The van der Waals surface area contributed by atoms with Gasteiger partial charge in [-0.15, -0.1) is 0 Å². The van der Waals surface area contributed by atoms with Gasteiger partial charge in [0.2, 0.25) is 0 Å². The number of methoxy groups -OCH3 is 2. The largest absolute Gasteiger partial charge is 0.493 e. The lowest BCUT2D eigenvalue weighted by Gasteiger charge is -2.09. The third-order valence-corrected chi connectivity index (χ3v) is 2.56. The second-order valence-electron chi connectivity index (χ2n) is 3.10. The van der Waals surface area contributed by atoms with Crippen LogP contribution in [-0.4, -0.2) is 24.2 Å². The minimum atomic E-state index is 0.401. The van der Waals surface area contributed by atoms with Crippen LogP contribution in [0.2, 0.25) is 0 Å². The molecule has 1 heterocycles. The standard InChI is InChI=1S/C10H10BrN3O2/c1-15-7-3-5-6(4-8(7)16-2)13-10(11)14-9(5)12/h3-4H,1-2H3,(H2,12,13,14). The number of nitrogens with two attached hydrogens (primary N) is 1. The normalized spacial score (nSPS) is 10.4. The Morgan fingerprint density at radius 1 is 1.12 bits per heavy atom. The molecule has 0 aliphatic rings. The van der Waals surface area contributed by atoms with E-state index in [1.54, 1.807) is 26.4 Å². The number of ether oxygens (including phenoxy) is 2. The molecule has 1 aromatic carbocycles. The zero-order valence-corrected chi connectivity index (χ0v) is 10.4. The van der Waals surface area contributed by atoms with E-state index in [-0.39, 0.29) is 0 Å². The number of nitrogens with zero attached hydrogens (tertiary/aromatic N) is 2. The van der Waals surface area contributed by atoms with Crippen LogP contribution in [0.15, 0.2) is 16.9 Å². The molecule has 2 N–H and O–H groups in total. The molecule has 16 heavy (non-hydrogen) atoms. The van der Waals surface area contributed by atoms with Crippen molar-refractivity contribution in [3.63, 3.8) is 0 Å². The summed E-state index contributed by atoms with van der Waals surface area (Å²) in [5.41, 5.74) is 6.50. The molecule has 2 aromatic rings. The molecule has 84 valence electrons. The number of nitrogen functional groups attached to an aromatic ring is 1. The summed E-state index contributed by atoms with van der Waals surface area (Å²) in [6, 6.07) is 3.52. The summed E-state index contributed by atoms with van der Waals surface area (Å²) in [4.78, 5) is 8.23. The lowest BCUT2D eigenvalue weighted by molar-refractivity contribution is 0.356. The highest BCUT2D eigenvalue weighted by Crippen LogP contribution is 2.33. The van der Waals surface area contributed by atoms with Gasteiger partial charge in [0.1, 0.15) is 5.82 Å². The monoisotopic (exact) mass is 283 g/mol. The molecule has 5 nitrogen and oxygen atoms in total. The Morgan fingerprint density at radius 3 is 2.38 bits per heavy atom. The molecule has 6 heteroatoms. The zero-order chi connectivity index (χ0) is 11.7. The highest BCUT2D eigenvalue weighted by Gasteiger charge is 2.10. The molecule has 0 fully saturated rings. The van der Waals surface area contributed by atoms with Crippen molar-refractivity contribution >= 4 is 32.7 Å². The van der Waals surface area contributed by atoms with E-state index in [1.807, 2.05) is 0 Å². The third kappa shape index (κ3) is 1.76. The Hall–Kier alpha value is -1.56. The second-order valence-corrected chi connectivity index (χ2v) is 3.81. The van der Waals surface area contributed by atoms with E-state index in [9.17, 15) is 0 Å². The first-order chi connectivity index (χ1) is 7.65. The summed E-state index contributed by atoms with van der Waals surface area (Å²) in [7, 11) is 3.14. The number of rotatable bonds is 2. The van der Waals surface area contributed by atoms with Crippen LogP contribution in [0, 0.1) is 0 Å². The van der Waals surface area contributed by atoms with Crippen LogP contribution >= 0.6 is 15.9 Å². The first kappa shape index (κ1) is 10.9. The van der Waals surface area contributed by atoms with Crippen molar-refractivity contribution in [3.05, 3.63) is 16.9 Å². The van der Waals surface area contributed by atoms with Gasteiger partial charge in [-0.3, -0.25) is 0 Å². The number of aromatic nitrogens is 2. The van der Waals surface area contributed by atoms with E-state index in [0.717, 1.165) is 5.39 Å². The first-order valence-corrected chi connectivity index (χ1v) is 5.29. The number of anilines is 1. The van der Waals surface area contributed by atoms with Crippen molar-refractivity contribution in [2.45, 2.75) is 0 Å². The minimum absolute atomic E-state index is 0.401. The lowest BCUT2D eigenvalue weighted by atomic mass is 10.2. The van der Waals surface area contributed by atoms with Gasteiger partial charge in [-0.2, -0.15) is 0 Å². The molecule has 0 bridgehead atoms. The van der Waals surface area contributed by atoms with E-state index in [4.69, 9.17) is 15.2 Å². The summed E-state index contributed by atoms with van der Waals surface area (Å²) in [5.74, 6) is 1.62. The topological polar surface area (TPSA) is 70.3 Å². The molecule has 0 saturated carbocycles. The average Bonchev–Trinajstić information content (AvgIpc) is 2.27. The van der Waals surface area contributed by atoms with Crippen LogP contribution in [0.3, 0.4) is 0 Å². The molecular formula is C10H10BrN3O2. The number of hydrogen-bond acceptors (Lipinski definition) is 5. The maximum absolute atomic E-state index is 5.79. The maximum atomic E-state index is 5.79. The number of benzene rings is 1. The SMILES string of the molecule is COc1cc2nc(Br)nc(N)c2cc1OC. The first-order valence-electron chi connectivity index (χ1n) is 4.50. The van der Waals surface area contributed by atoms with Crippen molar-refractivity contribution in [2.24, 2.45) is 0 Å². The predicted molar refractivity (Wildman–Crippen MR) is 64.8 cm³/mol. The summed E-state index contributed by atoms with van der Waals surface area (Å²) < 4.78 is 10.8. The Bertz CT molecular complexity index is 545. The van der Waals surface area contributed by atoms with Gasteiger partial charge in [-0.05, 0) is 22.0 Å². The summed E-state index contributed by atoms with van der Waals surface area (Å²) in [6.07, 6.45) is 0. The molecule has 0 spiro atoms. The second kappa shape index (κ2) is 4.13. The van der Waals surface area contributed by atoms with Crippen LogP contribution in [0.25, 0.3) is 10.9 Å². The number of hydrogen-bond donors (Lipinski definition) is 1. The highest BCUT2D eigenvalue weighted by atomic mass is 79.9. The molecule has 2 rings (SSSR count). The van der Waals surface area contributed by atoms with Gasteiger partial charge in [-0.1, -0.05) is 0 Å². The van der Waals surface area contributed by atoms with Gasteiger partial charge in [0.25, 0.3) is 0 Å². The van der Waals surface area contributed by atoms with Gasteiger partial charge in [0.15, 0.2) is 16.2 Å². The van der Waals surface area contributed by atoms with Crippen LogP contribution in [0.5, 0.6) is 11.5 Å². The Kier molecular flexibility index (Phi) is 2.82. The van der Waals surface area contributed by atoms with Crippen molar-refractivity contribution in [1.29, 1.82) is 0 Å². The van der Waals surface area contributed by atoms with Gasteiger partial charge < -0.3 is 15.2 Å². The van der Waals surface area contributed by atoms with Gasteiger partial charge >= 0.3 is 0 Å². The average molecular weight is 284 g/mol. The highest BCUT2D eigenvalue weighted by molar-refractivity contribution is 9.10. The summed E-state index contributed by atoms with van der Waals surface area (Å²) in [5, 5.41) is 0.737. The summed E-state index contributed by atoms with van der Waals surface area (Å²) >= 11 is 3.19. The minimum Gasteiger partial charge on any atom is -0.493 e. The maximum Gasteiger partial charge on any atom is 0.199 e. The van der Waals surface area contributed by atoms with E-state index in [0.29, 0.717) is 27.6 Å². The third-order valence-electron chi connectivity index (χ3n) is 2.20. The zero-order valence-electron chi connectivity index (χ0n) is 8.82. The quantitative estimate of drug-likeness (QED) is 0.854. The fourth-order valence-electron chi connectivity index (χ4n) is 1.45. The van der Waals surface area contributed by atoms with Crippen molar-refractivity contribution in [3.8, 4) is 11.5 Å². The lowest BCUT2D eigenvalue weighted by Crippen LogP contribution is -1.97. The van der Waals surface area contributed by atoms with Crippen molar-refractivity contribution < 1.29 is 9.47 Å². The molecule has 0 aliphatic carbocycles. The van der Waals surface area contributed by atoms with Gasteiger partial charge in [-0.25, -0.2) is 9.97 Å². The molecule has 0 amide bonds. The van der Waals surface area contributed by atoms with Crippen LogP contribution < -0.4 is 15.2 Å². The van der Waals surface area contributed by atoms with Gasteiger partial charge in [0, 0.05) is 11.5 Å². The van der Waals surface area contributed by atoms with Crippen molar-refractivity contribution in [1.82, 2.24) is 9.97 Å². The van der Waals surface area contributed by atoms with E-state index in [1.165, 1.54) is 0 Å². The molecule has 0 unspecified atom stereocenters. The predicted octanol–water partition coefficient (Wildman–Crippen LogP) is 1.99. The van der Waals surface area contributed by atoms with Crippen molar-refractivity contribution in [2.75, 3.05) is 20.0 Å². The Morgan fingerprint density at radius 2 is 1.75 bits per heavy atom. The van der Waals surface area contributed by atoms with Crippen LogP contribution in [-0.2, 0) is 0 Å². The van der Waals surface area contributed by atoms with E-state index >= 15 is 0 Å². The fraction of sp³-hybridized carbons (Fsp3) is 0.200. The smallest absolute Gasteiger partial charge is 0.199 e. The molecule has 0 saturated heterocycles.